The number of likely N-dealkylation sites (N-methyl/N-ethyl adjacent to an activating group) is 1. The fourth-order valence-corrected chi connectivity index (χ4v) is 2.99. The van der Waals surface area contributed by atoms with Crippen LogP contribution in [0.3, 0.4) is 0 Å². The minimum Gasteiger partial charge on any atom is -0.339 e. The van der Waals surface area contributed by atoms with Crippen molar-refractivity contribution in [2.75, 3.05) is 26.7 Å². The van der Waals surface area contributed by atoms with Crippen LogP contribution in [0.25, 0.3) is 0 Å². The van der Waals surface area contributed by atoms with E-state index in [9.17, 15) is 0 Å². The van der Waals surface area contributed by atoms with E-state index < -0.39 is 0 Å². The Hall–Kier alpha value is -0.950. The number of thiophene rings is 1. The second-order valence-corrected chi connectivity index (χ2v) is 5.86. The van der Waals surface area contributed by atoms with Crippen molar-refractivity contribution in [3.8, 4) is 0 Å². The fraction of sp³-hybridized carbons (Fsp3) is 0.538. The third-order valence-corrected chi connectivity index (χ3v) is 4.39. The highest BCUT2D eigenvalue weighted by Gasteiger charge is 2.25. The van der Waals surface area contributed by atoms with Gasteiger partial charge in [0.15, 0.2) is 5.82 Å². The Morgan fingerprint density at radius 3 is 3.15 bits per heavy atom. The van der Waals surface area contributed by atoms with Crippen LogP contribution >= 0.6 is 23.7 Å². The van der Waals surface area contributed by atoms with Gasteiger partial charge >= 0.3 is 0 Å². The Bertz CT molecular complexity index is 516. The van der Waals surface area contributed by atoms with Crippen LogP contribution in [-0.2, 0) is 12.8 Å². The molecule has 2 aromatic heterocycles. The molecule has 1 fully saturated rings. The molecule has 1 saturated heterocycles. The number of aromatic nitrogens is 2. The van der Waals surface area contributed by atoms with Gasteiger partial charge in [0.05, 0.1) is 6.04 Å². The second kappa shape index (κ2) is 7.17. The molecule has 3 rings (SSSR count). The highest BCUT2D eigenvalue weighted by molar-refractivity contribution is 7.09. The van der Waals surface area contributed by atoms with E-state index in [1.54, 1.807) is 11.3 Å². The number of halogens is 1. The van der Waals surface area contributed by atoms with Crippen LogP contribution < -0.4 is 5.32 Å². The SMILES string of the molecule is CN1CCNCC1c1noc(CCc2cccs2)n1.Cl. The molecule has 0 amide bonds. The van der Waals surface area contributed by atoms with Crippen LogP contribution in [0, 0.1) is 0 Å². The molecule has 1 atom stereocenters. The zero-order valence-electron chi connectivity index (χ0n) is 11.4. The summed E-state index contributed by atoms with van der Waals surface area (Å²) in [5.41, 5.74) is 0. The molecule has 3 heterocycles. The van der Waals surface area contributed by atoms with E-state index in [-0.39, 0.29) is 18.4 Å². The third kappa shape index (κ3) is 3.58. The standard InChI is InChI=1S/C13H18N4OS.ClH/c1-17-7-6-14-9-11(17)13-15-12(18-16-13)5-4-10-3-2-8-19-10;/h2-3,8,11,14H,4-7,9H2,1H3;1H. The van der Waals surface area contributed by atoms with Gasteiger partial charge in [-0.3, -0.25) is 4.90 Å². The number of hydrogen-bond donors (Lipinski definition) is 1. The molecule has 0 bridgehead atoms. The second-order valence-electron chi connectivity index (χ2n) is 4.83. The van der Waals surface area contributed by atoms with Crippen LogP contribution in [-0.4, -0.2) is 41.7 Å². The van der Waals surface area contributed by atoms with Crippen molar-refractivity contribution in [3.63, 3.8) is 0 Å². The van der Waals surface area contributed by atoms with Gasteiger partial charge < -0.3 is 9.84 Å². The lowest BCUT2D eigenvalue weighted by atomic mass is 10.2. The maximum absolute atomic E-state index is 5.35. The normalized spacial score (nSPS) is 19.8. The zero-order valence-corrected chi connectivity index (χ0v) is 13.0. The lowest BCUT2D eigenvalue weighted by molar-refractivity contribution is 0.190. The molecule has 20 heavy (non-hydrogen) atoms. The van der Waals surface area contributed by atoms with E-state index >= 15 is 0 Å². The largest absolute Gasteiger partial charge is 0.339 e. The predicted octanol–water partition coefficient (Wildman–Crippen LogP) is 1.91. The van der Waals surface area contributed by atoms with Crippen LogP contribution in [0.4, 0.5) is 0 Å². The van der Waals surface area contributed by atoms with Gasteiger partial charge in [-0.15, -0.1) is 23.7 Å². The quantitative estimate of drug-likeness (QED) is 0.934. The van der Waals surface area contributed by atoms with Crippen LogP contribution in [0.1, 0.15) is 22.6 Å². The van der Waals surface area contributed by atoms with Crippen molar-refractivity contribution in [1.82, 2.24) is 20.4 Å². The number of piperazine rings is 1. The number of nitrogens with one attached hydrogen (secondary N) is 1. The van der Waals surface area contributed by atoms with Crippen molar-refractivity contribution in [1.29, 1.82) is 0 Å². The van der Waals surface area contributed by atoms with Gasteiger partial charge in [0.2, 0.25) is 5.89 Å². The molecular weight excluding hydrogens is 296 g/mol. The molecule has 1 aliphatic heterocycles. The van der Waals surface area contributed by atoms with Gasteiger partial charge in [-0.25, -0.2) is 0 Å². The molecule has 0 aliphatic carbocycles. The topological polar surface area (TPSA) is 54.2 Å². The first kappa shape index (κ1) is 15.4. The highest BCUT2D eigenvalue weighted by Crippen LogP contribution is 2.18. The Morgan fingerprint density at radius 2 is 2.40 bits per heavy atom. The monoisotopic (exact) mass is 314 g/mol. The number of rotatable bonds is 4. The van der Waals surface area contributed by atoms with E-state index in [1.807, 2.05) is 0 Å². The fourth-order valence-electron chi connectivity index (χ4n) is 2.28. The summed E-state index contributed by atoms with van der Waals surface area (Å²) in [4.78, 5) is 8.15. The molecule has 0 radical (unpaired) electrons. The number of hydrogen-bond acceptors (Lipinski definition) is 6. The maximum Gasteiger partial charge on any atom is 0.227 e. The van der Waals surface area contributed by atoms with E-state index in [0.29, 0.717) is 0 Å². The summed E-state index contributed by atoms with van der Waals surface area (Å²) in [6, 6.07) is 4.44. The summed E-state index contributed by atoms with van der Waals surface area (Å²) in [7, 11) is 2.10. The minimum absolute atomic E-state index is 0. The van der Waals surface area contributed by atoms with Gasteiger partial charge in [-0.2, -0.15) is 4.98 Å². The average molecular weight is 315 g/mol. The molecule has 110 valence electrons. The Morgan fingerprint density at radius 1 is 1.50 bits per heavy atom. The van der Waals surface area contributed by atoms with Crippen molar-refractivity contribution in [2.45, 2.75) is 18.9 Å². The smallest absolute Gasteiger partial charge is 0.227 e. The van der Waals surface area contributed by atoms with Gasteiger partial charge in [0.25, 0.3) is 0 Å². The molecular formula is C13H19ClN4OS. The minimum atomic E-state index is 0. The van der Waals surface area contributed by atoms with Crippen LogP contribution in [0.15, 0.2) is 22.0 Å². The molecule has 0 aromatic carbocycles. The summed E-state index contributed by atoms with van der Waals surface area (Å²) < 4.78 is 5.35. The molecule has 5 nitrogen and oxygen atoms in total. The number of nitrogens with zero attached hydrogens (tertiary/aromatic N) is 3. The Balaban J connectivity index is 0.00000147. The van der Waals surface area contributed by atoms with Crippen molar-refractivity contribution in [3.05, 3.63) is 34.1 Å². The number of aryl methyl sites for hydroxylation is 2. The molecule has 0 spiro atoms. The Kier molecular flexibility index (Phi) is 5.54. The van der Waals surface area contributed by atoms with Crippen molar-refractivity contribution >= 4 is 23.7 Å². The van der Waals surface area contributed by atoms with Gasteiger partial charge in [0.1, 0.15) is 0 Å². The van der Waals surface area contributed by atoms with E-state index in [1.165, 1.54) is 4.88 Å². The van der Waals surface area contributed by atoms with Crippen molar-refractivity contribution < 1.29 is 4.52 Å². The summed E-state index contributed by atoms with van der Waals surface area (Å²) >= 11 is 1.77. The molecule has 7 heteroatoms. The lowest BCUT2D eigenvalue weighted by Crippen LogP contribution is -2.44. The molecule has 2 aromatic rings. The summed E-state index contributed by atoms with van der Waals surface area (Å²) in [5.74, 6) is 1.54. The van der Waals surface area contributed by atoms with Crippen molar-refractivity contribution in [2.24, 2.45) is 0 Å². The molecule has 0 saturated carbocycles. The third-order valence-electron chi connectivity index (χ3n) is 3.46. The van der Waals surface area contributed by atoms with E-state index in [4.69, 9.17) is 4.52 Å². The van der Waals surface area contributed by atoms with Crippen LogP contribution in [0.2, 0.25) is 0 Å². The Labute approximate surface area is 128 Å². The predicted molar refractivity (Wildman–Crippen MR) is 81.5 cm³/mol. The van der Waals surface area contributed by atoms with Gasteiger partial charge in [-0.05, 0) is 24.9 Å². The van der Waals surface area contributed by atoms with E-state index in [0.717, 1.165) is 44.2 Å². The molecule has 1 N–H and O–H groups in total. The molecule has 1 aliphatic rings. The lowest BCUT2D eigenvalue weighted by Gasteiger charge is -2.30. The highest BCUT2D eigenvalue weighted by atomic mass is 35.5. The molecule has 1 unspecified atom stereocenters. The maximum atomic E-state index is 5.35. The summed E-state index contributed by atoms with van der Waals surface area (Å²) in [6.07, 6.45) is 1.79. The van der Waals surface area contributed by atoms with Crippen LogP contribution in [0.5, 0.6) is 0 Å². The average Bonchev–Trinajstić information content (AvgIpc) is 3.08. The summed E-state index contributed by atoms with van der Waals surface area (Å²) in [6.45, 7) is 2.93. The zero-order chi connectivity index (χ0) is 13.1. The summed E-state index contributed by atoms with van der Waals surface area (Å²) in [5, 5.41) is 9.59. The van der Waals surface area contributed by atoms with Gasteiger partial charge in [0, 0.05) is 30.9 Å². The van der Waals surface area contributed by atoms with E-state index in [2.05, 4.69) is 44.9 Å². The first-order valence-corrected chi connectivity index (χ1v) is 7.47. The first-order chi connectivity index (χ1) is 9.33. The first-order valence-electron chi connectivity index (χ1n) is 6.59. The van der Waals surface area contributed by atoms with Gasteiger partial charge in [-0.1, -0.05) is 11.2 Å².